The number of ether oxygens (including phenoxy) is 1. The van der Waals surface area contributed by atoms with Crippen molar-refractivity contribution in [3.8, 4) is 16.9 Å². The van der Waals surface area contributed by atoms with E-state index in [0.29, 0.717) is 28.5 Å². The Morgan fingerprint density at radius 1 is 1.00 bits per heavy atom. The van der Waals surface area contributed by atoms with Crippen LogP contribution in [-0.4, -0.2) is 66.5 Å². The summed E-state index contributed by atoms with van der Waals surface area (Å²) in [6, 6.07) is 7.08. The number of benzene rings is 2. The predicted octanol–water partition coefficient (Wildman–Crippen LogP) is 6.00. The summed E-state index contributed by atoms with van der Waals surface area (Å²) in [4.78, 5) is 18.8. The summed E-state index contributed by atoms with van der Waals surface area (Å²) in [5, 5.41) is 0.508. The first-order valence-electron chi connectivity index (χ1n) is 13.6. The van der Waals surface area contributed by atoms with Crippen molar-refractivity contribution in [2.45, 2.75) is 37.5 Å². The average Bonchev–Trinajstić information content (AvgIpc) is 3.36. The monoisotopic (exact) mass is 593 g/mol. The average molecular weight is 594 g/mol. The number of rotatable bonds is 7. The minimum absolute atomic E-state index is 0.000175. The first kappa shape index (κ1) is 29.6. The van der Waals surface area contributed by atoms with Gasteiger partial charge in [-0.05, 0) is 42.8 Å². The minimum atomic E-state index is -4.77. The molecule has 0 aliphatic carbocycles. The van der Waals surface area contributed by atoms with Gasteiger partial charge in [-0.2, -0.15) is 13.2 Å². The molecule has 3 aromatic rings. The van der Waals surface area contributed by atoms with Gasteiger partial charge in [0.15, 0.2) is 11.6 Å². The third-order valence-electron chi connectivity index (χ3n) is 8.13. The summed E-state index contributed by atoms with van der Waals surface area (Å²) in [6.45, 7) is 8.73. The molecule has 0 saturated carbocycles. The van der Waals surface area contributed by atoms with Crippen molar-refractivity contribution in [1.82, 2.24) is 14.4 Å². The van der Waals surface area contributed by atoms with E-state index in [0.717, 1.165) is 50.9 Å². The molecule has 0 radical (unpaired) electrons. The molecule has 5 rings (SSSR count). The molecule has 0 spiro atoms. The number of thioether (sulfide) groups is 1. The fourth-order valence-corrected chi connectivity index (χ4v) is 7.23. The van der Waals surface area contributed by atoms with Gasteiger partial charge in [-0.3, -0.25) is 14.3 Å². The quantitative estimate of drug-likeness (QED) is 0.314. The lowest BCUT2D eigenvalue weighted by molar-refractivity contribution is -0.138. The highest BCUT2D eigenvalue weighted by molar-refractivity contribution is 7.99. The van der Waals surface area contributed by atoms with Crippen LogP contribution in [0.4, 0.5) is 22.0 Å². The molecule has 41 heavy (non-hydrogen) atoms. The SMILES string of the molecule is CCN1CCN(CC2CSc3c(Cc4c(F)cccc4C(F)(F)F)c(C)c(-c4cccc(OC)c4F)c(=O)n32)CC1. The summed E-state index contributed by atoms with van der Waals surface area (Å²) < 4.78 is 79.1. The van der Waals surface area contributed by atoms with Gasteiger partial charge in [-0.1, -0.05) is 25.1 Å². The van der Waals surface area contributed by atoms with Gasteiger partial charge in [0.1, 0.15) is 5.82 Å². The fourth-order valence-electron chi connectivity index (χ4n) is 5.86. The second-order valence-corrected chi connectivity index (χ2v) is 11.4. The highest BCUT2D eigenvalue weighted by Gasteiger charge is 2.37. The Hall–Kier alpha value is -2.89. The number of alkyl halides is 3. The van der Waals surface area contributed by atoms with Gasteiger partial charge >= 0.3 is 6.18 Å². The van der Waals surface area contributed by atoms with Crippen LogP contribution in [0.15, 0.2) is 46.2 Å². The number of hydrogen-bond donors (Lipinski definition) is 0. The normalized spacial score (nSPS) is 18.1. The van der Waals surface area contributed by atoms with Crippen molar-refractivity contribution in [3.63, 3.8) is 0 Å². The van der Waals surface area contributed by atoms with Crippen LogP contribution in [0.5, 0.6) is 5.75 Å². The third kappa shape index (κ3) is 5.63. The zero-order valence-corrected chi connectivity index (χ0v) is 24.0. The van der Waals surface area contributed by atoms with E-state index in [1.54, 1.807) is 17.6 Å². The number of piperazine rings is 1. The van der Waals surface area contributed by atoms with Crippen LogP contribution in [0.2, 0.25) is 0 Å². The second kappa shape index (κ2) is 11.8. The number of halogens is 5. The lowest BCUT2D eigenvalue weighted by Gasteiger charge is -2.35. The molecule has 1 fully saturated rings. The van der Waals surface area contributed by atoms with Crippen LogP contribution in [0.1, 0.15) is 35.2 Å². The van der Waals surface area contributed by atoms with Gasteiger partial charge in [0.2, 0.25) is 0 Å². The molecule has 1 atom stereocenters. The highest BCUT2D eigenvalue weighted by Crippen LogP contribution is 2.42. The maximum absolute atomic E-state index is 15.6. The molecule has 2 aliphatic rings. The van der Waals surface area contributed by atoms with Crippen molar-refractivity contribution in [2.75, 3.05) is 52.1 Å². The number of aromatic nitrogens is 1. The molecule has 220 valence electrons. The first-order chi connectivity index (χ1) is 19.5. The molecule has 2 aliphatic heterocycles. The predicted molar refractivity (Wildman–Crippen MR) is 150 cm³/mol. The van der Waals surface area contributed by atoms with E-state index in [9.17, 15) is 22.4 Å². The highest BCUT2D eigenvalue weighted by atomic mass is 32.2. The van der Waals surface area contributed by atoms with E-state index >= 15 is 4.39 Å². The summed E-state index contributed by atoms with van der Waals surface area (Å²) >= 11 is 1.38. The van der Waals surface area contributed by atoms with Crippen LogP contribution in [0.3, 0.4) is 0 Å². The number of likely N-dealkylation sites (N-methyl/N-ethyl adjacent to an activating group) is 1. The largest absolute Gasteiger partial charge is 0.494 e. The van der Waals surface area contributed by atoms with Crippen LogP contribution >= 0.6 is 11.8 Å². The minimum Gasteiger partial charge on any atom is -0.494 e. The summed E-state index contributed by atoms with van der Waals surface area (Å²) in [6.07, 6.45) is -5.16. The molecule has 1 unspecified atom stereocenters. The Morgan fingerprint density at radius 2 is 1.68 bits per heavy atom. The fraction of sp³-hybridized carbons (Fsp3) is 0.433. The second-order valence-electron chi connectivity index (χ2n) is 10.4. The molecule has 2 aromatic carbocycles. The Bertz CT molecular complexity index is 1500. The van der Waals surface area contributed by atoms with Gasteiger partial charge < -0.3 is 9.64 Å². The molecular weight excluding hydrogens is 561 g/mol. The maximum atomic E-state index is 15.6. The Kier molecular flexibility index (Phi) is 8.50. The zero-order valence-electron chi connectivity index (χ0n) is 23.2. The topological polar surface area (TPSA) is 37.7 Å². The van der Waals surface area contributed by atoms with Crippen molar-refractivity contribution < 1.29 is 26.7 Å². The first-order valence-corrected chi connectivity index (χ1v) is 14.6. The van der Waals surface area contributed by atoms with Gasteiger partial charge in [-0.25, -0.2) is 8.78 Å². The molecule has 1 aromatic heterocycles. The molecule has 0 bridgehead atoms. The molecule has 1 saturated heterocycles. The number of pyridine rings is 1. The van der Waals surface area contributed by atoms with Crippen molar-refractivity contribution in [1.29, 1.82) is 0 Å². The smallest absolute Gasteiger partial charge is 0.416 e. The number of nitrogens with zero attached hydrogens (tertiary/aromatic N) is 3. The summed E-state index contributed by atoms with van der Waals surface area (Å²) in [7, 11) is 1.32. The van der Waals surface area contributed by atoms with E-state index in [1.165, 1.54) is 31.0 Å². The van der Waals surface area contributed by atoms with E-state index in [-0.39, 0.29) is 22.9 Å². The van der Waals surface area contributed by atoms with E-state index in [4.69, 9.17) is 4.74 Å². The molecular formula is C30H32F5N3O2S. The molecule has 0 amide bonds. The molecule has 5 nitrogen and oxygen atoms in total. The van der Waals surface area contributed by atoms with E-state index in [2.05, 4.69) is 16.7 Å². The summed E-state index contributed by atoms with van der Waals surface area (Å²) in [5.74, 6) is -1.24. The van der Waals surface area contributed by atoms with Crippen molar-refractivity contribution in [2.24, 2.45) is 0 Å². The van der Waals surface area contributed by atoms with Gasteiger partial charge in [0.25, 0.3) is 5.56 Å². The van der Waals surface area contributed by atoms with Crippen LogP contribution in [0.25, 0.3) is 11.1 Å². The number of fused-ring (bicyclic) bond motifs is 1. The van der Waals surface area contributed by atoms with Gasteiger partial charge in [0, 0.05) is 56.0 Å². The number of hydrogen-bond acceptors (Lipinski definition) is 5. The molecule has 11 heteroatoms. The van der Waals surface area contributed by atoms with Crippen molar-refractivity contribution in [3.05, 3.63) is 80.6 Å². The molecule has 3 heterocycles. The summed E-state index contributed by atoms with van der Waals surface area (Å²) in [5.41, 5.74) is -1.21. The lowest BCUT2D eigenvalue weighted by Crippen LogP contribution is -2.48. The number of methoxy groups -OCH3 is 1. The van der Waals surface area contributed by atoms with Gasteiger partial charge in [0.05, 0.1) is 29.3 Å². The standard InChI is InChI=1S/C30H32F5N3O2S/c1-4-36-11-13-37(14-12-36)16-19-17-41-29-21(15-22-23(30(33,34)35)8-6-9-24(22)31)18(2)26(28(39)38(19)29)20-7-5-10-25(40-3)27(20)32/h5-10,19H,4,11-17H2,1-3H3. The lowest BCUT2D eigenvalue weighted by atomic mass is 9.92. The Balaban J connectivity index is 1.67. The van der Waals surface area contributed by atoms with Crippen molar-refractivity contribution >= 4 is 11.8 Å². The van der Waals surface area contributed by atoms with Gasteiger partial charge in [-0.15, -0.1) is 11.8 Å². The van der Waals surface area contributed by atoms with E-state index in [1.807, 2.05) is 0 Å². The third-order valence-corrected chi connectivity index (χ3v) is 9.39. The zero-order chi connectivity index (χ0) is 29.5. The Labute approximate surface area is 239 Å². The van der Waals surface area contributed by atoms with Crippen LogP contribution < -0.4 is 10.3 Å². The van der Waals surface area contributed by atoms with Crippen LogP contribution in [0, 0.1) is 18.6 Å². The molecule has 0 N–H and O–H groups in total. The van der Waals surface area contributed by atoms with Crippen LogP contribution in [-0.2, 0) is 12.6 Å². The maximum Gasteiger partial charge on any atom is 0.416 e. The van der Waals surface area contributed by atoms with E-state index < -0.39 is 40.9 Å². The Morgan fingerprint density at radius 3 is 2.34 bits per heavy atom.